The highest BCUT2D eigenvalue weighted by Crippen LogP contribution is 2.43. The van der Waals surface area contributed by atoms with Crippen LogP contribution in [-0.2, 0) is 10.1 Å². The lowest BCUT2D eigenvalue weighted by atomic mass is 9.84. The molecular formula is C23H17N3O5S. The van der Waals surface area contributed by atoms with Crippen molar-refractivity contribution in [2.24, 2.45) is 5.73 Å². The van der Waals surface area contributed by atoms with Gasteiger partial charge in [-0.15, -0.1) is 0 Å². The van der Waals surface area contributed by atoms with Gasteiger partial charge in [0.05, 0.1) is 5.92 Å². The van der Waals surface area contributed by atoms with E-state index in [1.54, 1.807) is 30.6 Å². The van der Waals surface area contributed by atoms with Crippen LogP contribution in [0.2, 0.25) is 0 Å². The van der Waals surface area contributed by atoms with Crippen molar-refractivity contribution >= 4 is 15.9 Å². The van der Waals surface area contributed by atoms with Gasteiger partial charge in [-0.2, -0.15) is 13.7 Å². The van der Waals surface area contributed by atoms with Crippen LogP contribution in [0.5, 0.6) is 11.5 Å². The maximum atomic E-state index is 12.7. The SMILES string of the molecule is CC(=O)c1ccc(S(=O)(=O)Oc2ccc3c(c2)OC(N)=C(C#N)C3c2ccncc2)cc1. The summed E-state index contributed by atoms with van der Waals surface area (Å²) >= 11 is 0. The third-order valence-electron chi connectivity index (χ3n) is 4.99. The Hall–Kier alpha value is -4.16. The van der Waals surface area contributed by atoms with Crippen molar-refractivity contribution in [3.63, 3.8) is 0 Å². The molecule has 1 unspecified atom stereocenters. The van der Waals surface area contributed by atoms with Gasteiger partial charge in [-0.3, -0.25) is 9.78 Å². The molecule has 9 heteroatoms. The van der Waals surface area contributed by atoms with Crippen LogP contribution in [0.15, 0.2) is 83.3 Å². The van der Waals surface area contributed by atoms with E-state index in [1.165, 1.54) is 43.3 Å². The number of aromatic nitrogens is 1. The van der Waals surface area contributed by atoms with E-state index in [2.05, 4.69) is 11.1 Å². The minimum atomic E-state index is -4.15. The first-order valence-corrected chi connectivity index (χ1v) is 10.9. The highest BCUT2D eigenvalue weighted by atomic mass is 32.2. The number of benzene rings is 2. The average molecular weight is 447 g/mol. The van der Waals surface area contributed by atoms with Gasteiger partial charge in [0.25, 0.3) is 0 Å². The first-order valence-electron chi connectivity index (χ1n) is 9.47. The van der Waals surface area contributed by atoms with Crippen molar-refractivity contribution in [2.75, 3.05) is 0 Å². The smallest absolute Gasteiger partial charge is 0.339 e. The summed E-state index contributed by atoms with van der Waals surface area (Å²) in [6.07, 6.45) is 3.22. The number of Topliss-reactive ketones (excluding diaryl/α,β-unsaturated/α-hetero) is 1. The van der Waals surface area contributed by atoms with E-state index in [0.29, 0.717) is 11.1 Å². The van der Waals surface area contributed by atoms with E-state index in [0.717, 1.165) is 5.56 Å². The second-order valence-electron chi connectivity index (χ2n) is 7.02. The molecule has 1 aliphatic heterocycles. The van der Waals surface area contributed by atoms with E-state index in [-0.39, 0.29) is 33.6 Å². The average Bonchev–Trinajstić information content (AvgIpc) is 2.78. The molecule has 0 fully saturated rings. The van der Waals surface area contributed by atoms with Crippen LogP contribution in [0, 0.1) is 11.3 Å². The molecule has 8 nitrogen and oxygen atoms in total. The lowest BCUT2D eigenvalue weighted by Crippen LogP contribution is -2.21. The topological polar surface area (TPSA) is 132 Å². The van der Waals surface area contributed by atoms with Crippen LogP contribution in [0.3, 0.4) is 0 Å². The molecule has 2 aromatic carbocycles. The normalized spacial score (nSPS) is 15.3. The van der Waals surface area contributed by atoms with Gasteiger partial charge >= 0.3 is 10.1 Å². The molecule has 2 N–H and O–H groups in total. The van der Waals surface area contributed by atoms with Crippen LogP contribution in [0.1, 0.15) is 34.3 Å². The molecule has 1 aliphatic rings. The summed E-state index contributed by atoms with van der Waals surface area (Å²) < 4.78 is 36.2. The zero-order valence-corrected chi connectivity index (χ0v) is 17.7. The van der Waals surface area contributed by atoms with Gasteiger partial charge in [-0.05, 0) is 42.8 Å². The number of rotatable bonds is 5. The maximum absolute atomic E-state index is 12.7. The fraction of sp³-hybridized carbons (Fsp3) is 0.0870. The Labute approximate surface area is 184 Å². The minimum absolute atomic E-state index is 0.0149. The second kappa shape index (κ2) is 8.17. The van der Waals surface area contributed by atoms with Crippen molar-refractivity contribution in [1.29, 1.82) is 5.26 Å². The fourth-order valence-corrected chi connectivity index (χ4v) is 4.34. The summed E-state index contributed by atoms with van der Waals surface area (Å²) in [7, 11) is -4.15. The van der Waals surface area contributed by atoms with Crippen molar-refractivity contribution in [3.05, 3.63) is 95.1 Å². The number of pyridine rings is 1. The van der Waals surface area contributed by atoms with Crippen molar-refractivity contribution in [3.8, 4) is 17.6 Å². The van der Waals surface area contributed by atoms with Gasteiger partial charge in [0.1, 0.15) is 28.0 Å². The van der Waals surface area contributed by atoms with Gasteiger partial charge < -0.3 is 14.7 Å². The van der Waals surface area contributed by atoms with E-state index in [9.17, 15) is 18.5 Å². The molecule has 3 aromatic rings. The number of ketones is 1. The maximum Gasteiger partial charge on any atom is 0.339 e. The molecule has 32 heavy (non-hydrogen) atoms. The van der Waals surface area contributed by atoms with Crippen LogP contribution in [0.25, 0.3) is 0 Å². The van der Waals surface area contributed by atoms with Gasteiger partial charge in [0, 0.05) is 29.6 Å². The lowest BCUT2D eigenvalue weighted by molar-refractivity contribution is 0.101. The molecule has 0 saturated heterocycles. The number of ether oxygens (including phenoxy) is 1. The van der Waals surface area contributed by atoms with Crippen molar-refractivity contribution < 1.29 is 22.1 Å². The number of fused-ring (bicyclic) bond motifs is 1. The Morgan fingerprint density at radius 2 is 1.81 bits per heavy atom. The molecule has 0 radical (unpaired) electrons. The van der Waals surface area contributed by atoms with E-state index in [4.69, 9.17) is 14.7 Å². The molecule has 0 amide bonds. The minimum Gasteiger partial charge on any atom is -0.440 e. The number of hydrogen-bond donors (Lipinski definition) is 1. The van der Waals surface area contributed by atoms with Gasteiger partial charge in [-0.25, -0.2) is 0 Å². The molecule has 0 saturated carbocycles. The summed E-state index contributed by atoms with van der Waals surface area (Å²) in [6, 6.07) is 15.6. The predicted octanol–water partition coefficient (Wildman–Crippen LogP) is 3.27. The Bertz CT molecular complexity index is 1380. The Kier molecular flexibility index (Phi) is 5.38. The molecule has 0 bridgehead atoms. The van der Waals surface area contributed by atoms with E-state index in [1.807, 2.05) is 0 Å². The first-order chi connectivity index (χ1) is 15.3. The molecule has 0 spiro atoms. The Morgan fingerprint density at radius 1 is 1.12 bits per heavy atom. The van der Waals surface area contributed by atoms with Crippen molar-refractivity contribution in [1.82, 2.24) is 4.98 Å². The van der Waals surface area contributed by atoms with Crippen LogP contribution < -0.4 is 14.7 Å². The van der Waals surface area contributed by atoms with E-state index >= 15 is 0 Å². The quantitative estimate of drug-likeness (QED) is 0.465. The fourth-order valence-electron chi connectivity index (χ4n) is 3.42. The first kappa shape index (κ1) is 21.1. The number of allylic oxidation sites excluding steroid dienone is 1. The van der Waals surface area contributed by atoms with Gasteiger partial charge in [0.15, 0.2) is 5.78 Å². The number of nitriles is 1. The molecule has 1 aromatic heterocycles. The van der Waals surface area contributed by atoms with Gasteiger partial charge in [0.2, 0.25) is 5.88 Å². The zero-order chi connectivity index (χ0) is 22.9. The number of nitrogens with zero attached hydrogens (tertiary/aromatic N) is 2. The molecule has 2 heterocycles. The molecule has 0 aliphatic carbocycles. The summed E-state index contributed by atoms with van der Waals surface area (Å²) in [4.78, 5) is 15.3. The number of carbonyl (C=O) groups excluding carboxylic acids is 1. The summed E-state index contributed by atoms with van der Waals surface area (Å²) in [5.74, 6) is -0.435. The zero-order valence-electron chi connectivity index (χ0n) is 16.8. The van der Waals surface area contributed by atoms with E-state index < -0.39 is 16.0 Å². The summed E-state index contributed by atoms with van der Waals surface area (Å²) in [5, 5.41) is 9.60. The molecular weight excluding hydrogens is 430 g/mol. The molecule has 160 valence electrons. The third-order valence-corrected chi connectivity index (χ3v) is 6.25. The number of nitrogens with two attached hydrogens (primary N) is 1. The van der Waals surface area contributed by atoms with Crippen LogP contribution >= 0.6 is 0 Å². The predicted molar refractivity (Wildman–Crippen MR) is 114 cm³/mol. The Morgan fingerprint density at radius 3 is 2.44 bits per heavy atom. The van der Waals surface area contributed by atoms with Crippen molar-refractivity contribution in [2.45, 2.75) is 17.7 Å². The number of hydrogen-bond acceptors (Lipinski definition) is 8. The van der Waals surface area contributed by atoms with Gasteiger partial charge in [-0.1, -0.05) is 18.2 Å². The molecule has 1 atom stereocenters. The molecule has 4 rings (SSSR count). The highest BCUT2D eigenvalue weighted by molar-refractivity contribution is 7.87. The largest absolute Gasteiger partial charge is 0.440 e. The summed E-state index contributed by atoms with van der Waals surface area (Å²) in [5.41, 5.74) is 8.03. The standard InChI is InChI=1S/C23H17N3O5S/c1-14(27)15-2-5-18(6-3-15)32(28,29)31-17-4-7-19-21(12-17)30-23(25)20(13-24)22(19)16-8-10-26-11-9-16/h2-12,22H,25H2,1H3. The Balaban J connectivity index is 1.68. The van der Waals surface area contributed by atoms with Crippen LogP contribution in [-0.4, -0.2) is 19.2 Å². The summed E-state index contributed by atoms with van der Waals surface area (Å²) in [6.45, 7) is 1.39. The van der Waals surface area contributed by atoms with Crippen LogP contribution in [0.4, 0.5) is 0 Å². The lowest BCUT2D eigenvalue weighted by Gasteiger charge is -2.26. The number of carbonyl (C=O) groups is 1. The second-order valence-corrected chi connectivity index (χ2v) is 8.57. The third kappa shape index (κ3) is 3.91. The highest BCUT2D eigenvalue weighted by Gasteiger charge is 2.31. The monoisotopic (exact) mass is 447 g/mol.